The molecule has 0 radical (unpaired) electrons. The van der Waals surface area contributed by atoms with Crippen molar-refractivity contribution in [2.24, 2.45) is 0 Å². The van der Waals surface area contributed by atoms with Crippen molar-refractivity contribution < 1.29 is 23.1 Å². The predicted molar refractivity (Wildman–Crippen MR) is 77.0 cm³/mol. The van der Waals surface area contributed by atoms with Gasteiger partial charge < -0.3 is 10.0 Å². The number of aromatic carboxylic acids is 1. The van der Waals surface area contributed by atoms with Crippen LogP contribution in [-0.2, 0) is 14.8 Å². The zero-order chi connectivity index (χ0) is 15.8. The summed E-state index contributed by atoms with van der Waals surface area (Å²) in [5, 5.41) is 8.92. The molecular formula is C12H16N2O5S2. The molecule has 1 aromatic rings. The molecule has 1 saturated heterocycles. The number of amides is 1. The Morgan fingerprint density at radius 2 is 2.19 bits per heavy atom. The van der Waals surface area contributed by atoms with Crippen LogP contribution < -0.4 is 4.72 Å². The second kappa shape index (κ2) is 5.74. The smallest absolute Gasteiger partial charge is 0.345 e. The quantitative estimate of drug-likeness (QED) is 0.843. The Morgan fingerprint density at radius 1 is 1.52 bits per heavy atom. The van der Waals surface area contributed by atoms with Crippen LogP contribution in [0.1, 0.15) is 27.4 Å². The fourth-order valence-corrected chi connectivity index (χ4v) is 4.92. The second-order valence-corrected chi connectivity index (χ2v) is 7.91. The standard InChI is InChI=1S/C12H16N2O5S2/c1-7-10(5-9(20-7)12(16)17)21(18,19)13-8-3-4-11(15)14(2)6-8/h5,8,13H,3-4,6H2,1-2H3,(H,16,17). The van der Waals surface area contributed by atoms with E-state index in [0.717, 1.165) is 11.3 Å². The number of thiophene rings is 1. The van der Waals surface area contributed by atoms with Gasteiger partial charge in [-0.05, 0) is 19.4 Å². The van der Waals surface area contributed by atoms with Crippen molar-refractivity contribution in [1.82, 2.24) is 9.62 Å². The van der Waals surface area contributed by atoms with Crippen LogP contribution in [0.3, 0.4) is 0 Å². The summed E-state index contributed by atoms with van der Waals surface area (Å²) >= 11 is 0.929. The Hall–Kier alpha value is -1.45. The SMILES string of the molecule is Cc1sc(C(=O)O)cc1S(=O)(=O)NC1CCC(=O)N(C)C1. The largest absolute Gasteiger partial charge is 0.477 e. The first kappa shape index (κ1) is 15.9. The predicted octanol–water partition coefficient (Wildman–Crippen LogP) is 0.654. The number of carboxylic acid groups (broad SMARTS) is 1. The third kappa shape index (κ3) is 3.42. The van der Waals surface area contributed by atoms with Gasteiger partial charge in [0.2, 0.25) is 15.9 Å². The molecule has 0 saturated carbocycles. The third-order valence-electron chi connectivity index (χ3n) is 3.32. The highest BCUT2D eigenvalue weighted by molar-refractivity contribution is 7.89. The monoisotopic (exact) mass is 332 g/mol. The summed E-state index contributed by atoms with van der Waals surface area (Å²) in [6.45, 7) is 1.88. The molecule has 0 aromatic carbocycles. The van der Waals surface area contributed by atoms with Gasteiger partial charge in [-0.1, -0.05) is 0 Å². The summed E-state index contributed by atoms with van der Waals surface area (Å²) in [5.41, 5.74) is 0. The fourth-order valence-electron chi connectivity index (χ4n) is 2.23. The van der Waals surface area contributed by atoms with Crippen molar-refractivity contribution in [3.05, 3.63) is 15.8 Å². The Kier molecular flexibility index (Phi) is 4.35. The van der Waals surface area contributed by atoms with Crippen molar-refractivity contribution in [3.63, 3.8) is 0 Å². The number of carbonyl (C=O) groups excluding carboxylic acids is 1. The number of piperidine rings is 1. The first-order chi connectivity index (χ1) is 9.70. The average Bonchev–Trinajstić information content (AvgIpc) is 2.77. The maximum atomic E-state index is 12.3. The summed E-state index contributed by atoms with van der Waals surface area (Å²) in [7, 11) is -2.16. The van der Waals surface area contributed by atoms with Gasteiger partial charge in [-0.2, -0.15) is 0 Å². The van der Waals surface area contributed by atoms with E-state index in [1.54, 1.807) is 14.0 Å². The molecule has 9 heteroatoms. The molecule has 1 unspecified atom stereocenters. The zero-order valence-electron chi connectivity index (χ0n) is 11.6. The van der Waals surface area contributed by atoms with Gasteiger partial charge in [0, 0.05) is 30.9 Å². The summed E-state index contributed by atoms with van der Waals surface area (Å²) < 4.78 is 27.2. The maximum absolute atomic E-state index is 12.3. The minimum atomic E-state index is -3.79. The van der Waals surface area contributed by atoms with Gasteiger partial charge >= 0.3 is 5.97 Å². The number of hydrogen-bond donors (Lipinski definition) is 2. The van der Waals surface area contributed by atoms with Gasteiger partial charge in [0.15, 0.2) is 0 Å². The molecule has 0 spiro atoms. The van der Waals surface area contributed by atoms with E-state index < -0.39 is 16.0 Å². The Balaban J connectivity index is 2.19. The maximum Gasteiger partial charge on any atom is 0.345 e. The van der Waals surface area contributed by atoms with Crippen LogP contribution in [0.2, 0.25) is 0 Å². The summed E-state index contributed by atoms with van der Waals surface area (Å²) in [4.78, 5) is 24.2. The van der Waals surface area contributed by atoms with E-state index in [-0.39, 0.29) is 21.7 Å². The number of rotatable bonds is 4. The molecule has 1 atom stereocenters. The van der Waals surface area contributed by atoms with Crippen molar-refractivity contribution in [2.45, 2.75) is 30.7 Å². The van der Waals surface area contributed by atoms with E-state index in [1.165, 1.54) is 11.0 Å². The molecule has 1 aliphatic rings. The zero-order valence-corrected chi connectivity index (χ0v) is 13.3. The molecule has 116 valence electrons. The lowest BCUT2D eigenvalue weighted by molar-refractivity contribution is -0.132. The van der Waals surface area contributed by atoms with E-state index in [4.69, 9.17) is 5.11 Å². The lowest BCUT2D eigenvalue weighted by atomic mass is 10.1. The number of aryl methyl sites for hydroxylation is 1. The van der Waals surface area contributed by atoms with Crippen molar-refractivity contribution in [1.29, 1.82) is 0 Å². The van der Waals surface area contributed by atoms with Crippen molar-refractivity contribution in [2.75, 3.05) is 13.6 Å². The minimum absolute atomic E-state index is 0.00896. The minimum Gasteiger partial charge on any atom is -0.477 e. The molecule has 0 bridgehead atoms. The third-order valence-corrected chi connectivity index (χ3v) is 6.14. The number of hydrogen-bond acceptors (Lipinski definition) is 5. The number of likely N-dealkylation sites (N-methyl/N-ethyl adjacent to an activating group) is 1. The number of likely N-dealkylation sites (tertiary alicyclic amines) is 1. The molecule has 1 fully saturated rings. The molecule has 1 aliphatic heterocycles. The first-order valence-corrected chi connectivity index (χ1v) is 8.60. The lowest BCUT2D eigenvalue weighted by Crippen LogP contribution is -2.48. The normalized spacial score (nSPS) is 19.8. The van der Waals surface area contributed by atoms with Gasteiger partial charge in [0.05, 0.1) is 4.90 Å². The first-order valence-electron chi connectivity index (χ1n) is 6.30. The van der Waals surface area contributed by atoms with Gasteiger partial charge in [-0.25, -0.2) is 17.9 Å². The van der Waals surface area contributed by atoms with Crippen LogP contribution in [-0.4, -0.2) is 49.9 Å². The van der Waals surface area contributed by atoms with Crippen molar-refractivity contribution in [3.8, 4) is 0 Å². The summed E-state index contributed by atoms with van der Waals surface area (Å²) in [6, 6.07) is 0.813. The Labute approximate surface area is 126 Å². The molecule has 1 amide bonds. The Morgan fingerprint density at radius 3 is 2.71 bits per heavy atom. The van der Waals surface area contributed by atoms with Crippen LogP contribution in [0.4, 0.5) is 0 Å². The van der Waals surface area contributed by atoms with Crippen LogP contribution >= 0.6 is 11.3 Å². The molecule has 2 rings (SSSR count). The van der Waals surface area contributed by atoms with Gasteiger partial charge in [-0.3, -0.25) is 4.79 Å². The number of nitrogens with zero attached hydrogens (tertiary/aromatic N) is 1. The molecule has 0 aliphatic carbocycles. The van der Waals surface area contributed by atoms with E-state index in [2.05, 4.69) is 4.72 Å². The highest BCUT2D eigenvalue weighted by Crippen LogP contribution is 2.26. The molecule has 2 heterocycles. The highest BCUT2D eigenvalue weighted by atomic mass is 32.2. The van der Waals surface area contributed by atoms with Gasteiger partial charge in [0.25, 0.3) is 0 Å². The van der Waals surface area contributed by atoms with Crippen LogP contribution in [0.25, 0.3) is 0 Å². The molecular weight excluding hydrogens is 316 g/mol. The number of carboxylic acids is 1. The number of carbonyl (C=O) groups is 2. The number of nitrogens with one attached hydrogen (secondary N) is 1. The fraction of sp³-hybridized carbons (Fsp3) is 0.500. The van der Waals surface area contributed by atoms with E-state index >= 15 is 0 Å². The molecule has 7 nitrogen and oxygen atoms in total. The topological polar surface area (TPSA) is 104 Å². The van der Waals surface area contributed by atoms with Crippen LogP contribution in [0.5, 0.6) is 0 Å². The lowest BCUT2D eigenvalue weighted by Gasteiger charge is -2.29. The average molecular weight is 332 g/mol. The van der Waals surface area contributed by atoms with E-state index in [1.807, 2.05) is 0 Å². The number of sulfonamides is 1. The Bertz CT molecular complexity index is 680. The second-order valence-electron chi connectivity index (χ2n) is 4.97. The summed E-state index contributed by atoms with van der Waals surface area (Å²) in [5.74, 6) is -1.15. The van der Waals surface area contributed by atoms with E-state index in [9.17, 15) is 18.0 Å². The van der Waals surface area contributed by atoms with E-state index in [0.29, 0.717) is 24.3 Å². The molecule has 21 heavy (non-hydrogen) atoms. The van der Waals surface area contributed by atoms with Crippen LogP contribution in [0.15, 0.2) is 11.0 Å². The highest BCUT2D eigenvalue weighted by Gasteiger charge is 2.29. The molecule has 1 aromatic heterocycles. The molecule has 2 N–H and O–H groups in total. The van der Waals surface area contributed by atoms with Crippen molar-refractivity contribution >= 4 is 33.2 Å². The van der Waals surface area contributed by atoms with Gasteiger partial charge in [-0.15, -0.1) is 11.3 Å². The van der Waals surface area contributed by atoms with Crippen LogP contribution in [0, 0.1) is 6.92 Å². The summed E-state index contributed by atoms with van der Waals surface area (Å²) in [6.07, 6.45) is 0.740. The van der Waals surface area contributed by atoms with Gasteiger partial charge in [0.1, 0.15) is 4.88 Å².